The highest BCUT2D eigenvalue weighted by molar-refractivity contribution is 7.89. The van der Waals surface area contributed by atoms with Crippen LogP contribution in [0, 0.1) is 11.6 Å². The third-order valence-corrected chi connectivity index (χ3v) is 4.10. The molecule has 1 saturated carbocycles. The van der Waals surface area contributed by atoms with Gasteiger partial charge in [-0.25, -0.2) is 22.3 Å². The van der Waals surface area contributed by atoms with Crippen molar-refractivity contribution in [2.45, 2.75) is 30.7 Å². The number of nitrogens with two attached hydrogens (primary N) is 1. The molecule has 1 aliphatic rings. The van der Waals surface area contributed by atoms with Crippen molar-refractivity contribution in [3.8, 4) is 0 Å². The number of hydrogen-bond donors (Lipinski definition) is 1. The minimum absolute atomic E-state index is 0.0222. The molecular weight excluding hydrogens is 290 g/mol. The highest BCUT2D eigenvalue weighted by Crippen LogP contribution is 2.29. The molecule has 0 aliphatic heterocycles. The van der Waals surface area contributed by atoms with Crippen molar-refractivity contribution >= 4 is 15.9 Å². The first-order valence-corrected chi connectivity index (χ1v) is 7.63. The molecule has 0 aromatic heterocycles. The largest absolute Gasteiger partial charge is 0.336 e. The maximum atomic E-state index is 13.3. The van der Waals surface area contributed by atoms with Gasteiger partial charge in [0.15, 0.2) is 11.6 Å². The standard InChI is InChI=1S/C12H14F2N2O3S/c1-2-16(7-3-4-7)12(17)8-5-9(13)10(14)6-11(8)20(15,18)19/h5-7H,2-4H2,1H3,(H2,15,18,19). The van der Waals surface area contributed by atoms with Gasteiger partial charge < -0.3 is 4.90 Å². The van der Waals surface area contributed by atoms with E-state index in [-0.39, 0.29) is 6.04 Å². The number of rotatable bonds is 4. The van der Waals surface area contributed by atoms with E-state index >= 15 is 0 Å². The van der Waals surface area contributed by atoms with Crippen LogP contribution in [-0.2, 0) is 10.0 Å². The van der Waals surface area contributed by atoms with E-state index < -0.39 is 38.0 Å². The third kappa shape index (κ3) is 2.80. The highest BCUT2D eigenvalue weighted by atomic mass is 32.2. The summed E-state index contributed by atoms with van der Waals surface area (Å²) in [5.41, 5.74) is -0.430. The lowest BCUT2D eigenvalue weighted by molar-refractivity contribution is 0.0748. The summed E-state index contributed by atoms with van der Waals surface area (Å²) in [5, 5.41) is 4.96. The van der Waals surface area contributed by atoms with E-state index in [4.69, 9.17) is 5.14 Å². The van der Waals surface area contributed by atoms with Crippen molar-refractivity contribution in [2.24, 2.45) is 5.14 Å². The average Bonchev–Trinajstić information content (AvgIpc) is 3.16. The van der Waals surface area contributed by atoms with Crippen LogP contribution in [0.3, 0.4) is 0 Å². The van der Waals surface area contributed by atoms with Crippen LogP contribution in [0.25, 0.3) is 0 Å². The Labute approximate surface area is 115 Å². The van der Waals surface area contributed by atoms with Crippen molar-refractivity contribution in [3.05, 3.63) is 29.3 Å². The molecule has 1 aromatic rings. The quantitative estimate of drug-likeness (QED) is 0.908. The number of halogens is 2. The number of nitrogens with zero attached hydrogens (tertiary/aromatic N) is 1. The third-order valence-electron chi connectivity index (χ3n) is 3.15. The predicted molar refractivity (Wildman–Crippen MR) is 67.5 cm³/mol. The number of carbonyl (C=O) groups excluding carboxylic acids is 1. The summed E-state index contributed by atoms with van der Waals surface area (Å²) in [7, 11) is -4.32. The van der Waals surface area contributed by atoms with Crippen molar-refractivity contribution < 1.29 is 22.0 Å². The molecule has 1 fully saturated rings. The topological polar surface area (TPSA) is 80.5 Å². The van der Waals surface area contributed by atoms with Gasteiger partial charge in [-0.05, 0) is 31.9 Å². The molecule has 110 valence electrons. The minimum atomic E-state index is -4.32. The van der Waals surface area contributed by atoms with E-state index in [0.29, 0.717) is 18.7 Å². The molecule has 0 radical (unpaired) electrons. The van der Waals surface area contributed by atoms with Crippen molar-refractivity contribution in [2.75, 3.05) is 6.54 Å². The number of sulfonamides is 1. The van der Waals surface area contributed by atoms with Gasteiger partial charge in [0.05, 0.1) is 10.5 Å². The molecule has 0 heterocycles. The van der Waals surface area contributed by atoms with Crippen LogP contribution in [0.2, 0.25) is 0 Å². The smallest absolute Gasteiger partial charge is 0.255 e. The van der Waals surface area contributed by atoms with E-state index in [9.17, 15) is 22.0 Å². The molecule has 0 atom stereocenters. The normalized spacial score (nSPS) is 15.2. The average molecular weight is 304 g/mol. The van der Waals surface area contributed by atoms with Gasteiger partial charge in [0.2, 0.25) is 10.0 Å². The number of amides is 1. The Morgan fingerprint density at radius 3 is 2.35 bits per heavy atom. The monoisotopic (exact) mass is 304 g/mol. The summed E-state index contributed by atoms with van der Waals surface area (Å²) in [6.45, 7) is 2.08. The fourth-order valence-electron chi connectivity index (χ4n) is 2.04. The summed E-state index contributed by atoms with van der Waals surface area (Å²) >= 11 is 0. The number of primary sulfonamides is 1. The van der Waals surface area contributed by atoms with Crippen LogP contribution in [0.15, 0.2) is 17.0 Å². The predicted octanol–water partition coefficient (Wildman–Crippen LogP) is 1.24. The Morgan fingerprint density at radius 1 is 1.35 bits per heavy atom. The summed E-state index contributed by atoms with van der Waals surface area (Å²) in [4.78, 5) is 13.0. The van der Waals surface area contributed by atoms with E-state index in [1.54, 1.807) is 6.92 Å². The molecule has 0 bridgehead atoms. The van der Waals surface area contributed by atoms with E-state index in [2.05, 4.69) is 0 Å². The van der Waals surface area contributed by atoms with Crippen LogP contribution in [0.1, 0.15) is 30.1 Å². The highest BCUT2D eigenvalue weighted by Gasteiger charge is 2.34. The van der Waals surface area contributed by atoms with Gasteiger partial charge in [0, 0.05) is 12.6 Å². The molecule has 1 amide bonds. The first kappa shape index (κ1) is 14.9. The maximum absolute atomic E-state index is 13.3. The first-order valence-electron chi connectivity index (χ1n) is 6.08. The molecule has 2 rings (SSSR count). The zero-order chi connectivity index (χ0) is 15.1. The molecule has 0 unspecified atom stereocenters. The Hall–Kier alpha value is -1.54. The summed E-state index contributed by atoms with van der Waals surface area (Å²) < 4.78 is 49.4. The summed E-state index contributed by atoms with van der Waals surface area (Å²) in [6, 6.07) is 1.05. The Morgan fingerprint density at radius 2 is 1.90 bits per heavy atom. The molecule has 8 heteroatoms. The molecule has 2 N–H and O–H groups in total. The van der Waals surface area contributed by atoms with Crippen LogP contribution in [-0.4, -0.2) is 31.8 Å². The van der Waals surface area contributed by atoms with Crippen molar-refractivity contribution in [1.82, 2.24) is 4.90 Å². The van der Waals surface area contributed by atoms with E-state index in [0.717, 1.165) is 12.8 Å². The fourth-order valence-corrected chi connectivity index (χ4v) is 2.76. The summed E-state index contributed by atoms with van der Waals surface area (Å²) in [5.74, 6) is -3.30. The maximum Gasteiger partial charge on any atom is 0.255 e. The second-order valence-corrected chi connectivity index (χ2v) is 6.16. The lowest BCUT2D eigenvalue weighted by Crippen LogP contribution is -2.34. The first-order chi connectivity index (χ1) is 9.25. The van der Waals surface area contributed by atoms with Crippen LogP contribution in [0.5, 0.6) is 0 Å². The van der Waals surface area contributed by atoms with Gasteiger partial charge in [-0.2, -0.15) is 0 Å². The second-order valence-electron chi connectivity index (χ2n) is 4.63. The summed E-state index contributed by atoms with van der Waals surface area (Å²) in [6.07, 6.45) is 1.63. The molecule has 0 spiro atoms. The Kier molecular flexibility index (Phi) is 3.79. The van der Waals surface area contributed by atoms with Gasteiger partial charge in [0.1, 0.15) is 0 Å². The molecule has 1 aromatic carbocycles. The molecule has 5 nitrogen and oxygen atoms in total. The number of hydrogen-bond acceptors (Lipinski definition) is 3. The minimum Gasteiger partial charge on any atom is -0.336 e. The lowest BCUT2D eigenvalue weighted by Gasteiger charge is -2.21. The van der Waals surface area contributed by atoms with Crippen LogP contribution >= 0.6 is 0 Å². The fraction of sp³-hybridized carbons (Fsp3) is 0.417. The Bertz CT molecular complexity index is 657. The van der Waals surface area contributed by atoms with Crippen molar-refractivity contribution in [1.29, 1.82) is 0 Å². The molecule has 0 saturated heterocycles. The molecule has 20 heavy (non-hydrogen) atoms. The molecular formula is C12H14F2N2O3S. The van der Waals surface area contributed by atoms with E-state index in [1.807, 2.05) is 0 Å². The number of benzene rings is 1. The zero-order valence-electron chi connectivity index (χ0n) is 10.8. The van der Waals surface area contributed by atoms with Gasteiger partial charge in [0.25, 0.3) is 5.91 Å². The number of carbonyl (C=O) groups is 1. The van der Waals surface area contributed by atoms with Gasteiger partial charge in [-0.3, -0.25) is 4.79 Å². The van der Waals surface area contributed by atoms with Gasteiger partial charge >= 0.3 is 0 Å². The van der Waals surface area contributed by atoms with Crippen LogP contribution < -0.4 is 5.14 Å². The van der Waals surface area contributed by atoms with Gasteiger partial charge in [-0.15, -0.1) is 0 Å². The van der Waals surface area contributed by atoms with Gasteiger partial charge in [-0.1, -0.05) is 0 Å². The van der Waals surface area contributed by atoms with Crippen LogP contribution in [0.4, 0.5) is 8.78 Å². The SMILES string of the molecule is CCN(C(=O)c1cc(F)c(F)cc1S(N)(=O)=O)C1CC1. The lowest BCUT2D eigenvalue weighted by atomic mass is 10.1. The second kappa shape index (κ2) is 5.10. The zero-order valence-corrected chi connectivity index (χ0v) is 11.6. The Balaban J connectivity index is 2.54. The van der Waals surface area contributed by atoms with Crippen molar-refractivity contribution in [3.63, 3.8) is 0 Å². The molecule has 1 aliphatic carbocycles. The van der Waals surface area contributed by atoms with E-state index in [1.165, 1.54) is 4.90 Å².